The van der Waals surface area contributed by atoms with Gasteiger partial charge in [-0.25, -0.2) is 0 Å². The largest absolute Gasteiger partial charge is 0.394 e. The minimum Gasteiger partial charge on any atom is -0.394 e. The zero-order valence-corrected chi connectivity index (χ0v) is 5.54. The van der Waals surface area contributed by atoms with E-state index in [-0.39, 0.29) is 12.5 Å². The summed E-state index contributed by atoms with van der Waals surface area (Å²) in [5.41, 5.74) is 0. The topological polar surface area (TPSA) is 56.4 Å². The summed E-state index contributed by atoms with van der Waals surface area (Å²) in [6.07, 6.45) is 2.96. The molecule has 0 aliphatic carbocycles. The van der Waals surface area contributed by atoms with Gasteiger partial charge in [0.2, 0.25) is 0 Å². The fourth-order valence-corrected chi connectivity index (χ4v) is 0.342. The number of rotatable bonds is 4. The Morgan fingerprint density at radius 2 is 2.44 bits per heavy atom. The van der Waals surface area contributed by atoms with Crippen molar-refractivity contribution in [3.8, 4) is 0 Å². The van der Waals surface area contributed by atoms with Gasteiger partial charge in [0.1, 0.15) is 0 Å². The number of aliphatic imine (C=N–C) groups is 1. The van der Waals surface area contributed by atoms with Gasteiger partial charge in [0.15, 0.2) is 0 Å². The summed E-state index contributed by atoms with van der Waals surface area (Å²) in [5, 5.41) is 15.0. The molecule has 0 saturated carbocycles. The molecule has 0 aromatic carbocycles. The number of aliphatic hydroxyl groups is 1. The predicted octanol–water partition coefficient (Wildman–Crippen LogP) is 0.335. The van der Waals surface area contributed by atoms with Crippen LogP contribution in [0.15, 0.2) is 4.99 Å². The molecule has 3 nitrogen and oxygen atoms in total. The van der Waals surface area contributed by atoms with Crippen LogP contribution in [0.25, 0.3) is 0 Å². The van der Waals surface area contributed by atoms with E-state index in [1.54, 1.807) is 6.21 Å². The van der Waals surface area contributed by atoms with Crippen LogP contribution in [0.5, 0.6) is 0 Å². The molecule has 9 heavy (non-hydrogen) atoms. The van der Waals surface area contributed by atoms with Gasteiger partial charge in [-0.3, -0.25) is 4.99 Å². The summed E-state index contributed by atoms with van der Waals surface area (Å²) in [7, 11) is 0. The Balaban J connectivity index is 3.31. The fraction of sp³-hybridized carbons (Fsp3) is 0.667. The average molecular weight is 128 g/mol. The van der Waals surface area contributed by atoms with Crippen molar-refractivity contribution in [2.24, 2.45) is 10.9 Å². The third kappa shape index (κ3) is 5.17. The van der Waals surface area contributed by atoms with Crippen molar-refractivity contribution in [2.75, 3.05) is 13.2 Å². The first-order valence-electron chi connectivity index (χ1n) is 2.92. The molecule has 0 amide bonds. The van der Waals surface area contributed by atoms with Crippen LogP contribution in [0.1, 0.15) is 6.92 Å². The first-order valence-corrected chi connectivity index (χ1v) is 2.92. The SMILES string of the molecule is CC(C=N)C=NCCO. The van der Waals surface area contributed by atoms with E-state index < -0.39 is 0 Å². The summed E-state index contributed by atoms with van der Waals surface area (Å²) < 4.78 is 0. The molecule has 0 saturated heterocycles. The summed E-state index contributed by atoms with van der Waals surface area (Å²) in [6.45, 7) is 2.40. The van der Waals surface area contributed by atoms with Crippen molar-refractivity contribution in [1.82, 2.24) is 0 Å². The van der Waals surface area contributed by atoms with Gasteiger partial charge in [0.05, 0.1) is 13.2 Å². The van der Waals surface area contributed by atoms with Crippen LogP contribution in [0.2, 0.25) is 0 Å². The standard InChI is InChI=1S/C6H12N2O/c1-6(4-7)5-8-2-3-9/h4-7,9H,2-3H2,1H3. The lowest BCUT2D eigenvalue weighted by atomic mass is 10.2. The van der Waals surface area contributed by atoms with E-state index >= 15 is 0 Å². The highest BCUT2D eigenvalue weighted by Gasteiger charge is 1.86. The van der Waals surface area contributed by atoms with Crippen molar-refractivity contribution in [3.63, 3.8) is 0 Å². The fourth-order valence-electron chi connectivity index (χ4n) is 0.342. The van der Waals surface area contributed by atoms with Crippen LogP contribution in [0.4, 0.5) is 0 Å². The van der Waals surface area contributed by atoms with Crippen LogP contribution in [0.3, 0.4) is 0 Å². The van der Waals surface area contributed by atoms with Crippen molar-refractivity contribution < 1.29 is 5.11 Å². The number of hydrogen-bond donors (Lipinski definition) is 2. The molecule has 0 spiro atoms. The molecular formula is C6H12N2O. The molecule has 1 unspecified atom stereocenters. The van der Waals surface area contributed by atoms with Gasteiger partial charge in [-0.05, 0) is 0 Å². The summed E-state index contributed by atoms with van der Waals surface area (Å²) >= 11 is 0. The van der Waals surface area contributed by atoms with E-state index in [2.05, 4.69) is 4.99 Å². The van der Waals surface area contributed by atoms with Crippen LogP contribution >= 0.6 is 0 Å². The molecule has 0 heterocycles. The first-order chi connectivity index (χ1) is 4.31. The molecule has 0 aliphatic heterocycles. The van der Waals surface area contributed by atoms with Crippen LogP contribution in [-0.2, 0) is 0 Å². The molecular weight excluding hydrogens is 116 g/mol. The van der Waals surface area contributed by atoms with Gasteiger partial charge in [-0.1, -0.05) is 6.92 Å². The maximum atomic E-state index is 8.28. The highest BCUT2D eigenvalue weighted by atomic mass is 16.3. The molecule has 52 valence electrons. The lowest BCUT2D eigenvalue weighted by Crippen LogP contribution is -1.97. The van der Waals surface area contributed by atoms with E-state index in [4.69, 9.17) is 10.5 Å². The molecule has 3 heteroatoms. The second-order valence-corrected chi connectivity index (χ2v) is 1.80. The molecule has 0 fully saturated rings. The molecule has 1 atom stereocenters. The Hall–Kier alpha value is -0.700. The Kier molecular flexibility index (Phi) is 5.01. The van der Waals surface area contributed by atoms with E-state index in [9.17, 15) is 0 Å². The molecule has 0 radical (unpaired) electrons. The lowest BCUT2D eigenvalue weighted by molar-refractivity contribution is 0.307. The maximum Gasteiger partial charge on any atom is 0.0626 e. The first kappa shape index (κ1) is 8.30. The Morgan fingerprint density at radius 3 is 2.89 bits per heavy atom. The number of nitrogens with one attached hydrogen (secondary N) is 1. The van der Waals surface area contributed by atoms with Crippen LogP contribution in [0, 0.1) is 11.3 Å². The normalized spacial score (nSPS) is 14.0. The van der Waals surface area contributed by atoms with Gasteiger partial charge in [0.25, 0.3) is 0 Å². The smallest absolute Gasteiger partial charge is 0.0626 e. The van der Waals surface area contributed by atoms with E-state index in [1.165, 1.54) is 6.21 Å². The minimum absolute atomic E-state index is 0.0845. The van der Waals surface area contributed by atoms with Gasteiger partial charge >= 0.3 is 0 Å². The zero-order valence-electron chi connectivity index (χ0n) is 5.54. The van der Waals surface area contributed by atoms with Crippen molar-refractivity contribution in [2.45, 2.75) is 6.92 Å². The third-order valence-electron chi connectivity index (χ3n) is 0.833. The van der Waals surface area contributed by atoms with E-state index in [0.717, 1.165) is 0 Å². The van der Waals surface area contributed by atoms with Crippen LogP contribution < -0.4 is 0 Å². The second-order valence-electron chi connectivity index (χ2n) is 1.80. The maximum absolute atomic E-state index is 8.28. The highest BCUT2D eigenvalue weighted by Crippen LogP contribution is 1.81. The summed E-state index contributed by atoms with van der Waals surface area (Å²) in [5.74, 6) is 0.0940. The number of nitrogens with zero attached hydrogens (tertiary/aromatic N) is 1. The number of hydrogen-bond acceptors (Lipinski definition) is 3. The van der Waals surface area contributed by atoms with Gasteiger partial charge in [0, 0.05) is 18.3 Å². The molecule has 0 rings (SSSR count). The van der Waals surface area contributed by atoms with Crippen molar-refractivity contribution in [3.05, 3.63) is 0 Å². The van der Waals surface area contributed by atoms with E-state index in [1.807, 2.05) is 6.92 Å². The second kappa shape index (κ2) is 5.44. The Morgan fingerprint density at radius 1 is 1.78 bits per heavy atom. The average Bonchev–Trinajstić information content (AvgIpc) is 1.89. The minimum atomic E-state index is 0.0845. The van der Waals surface area contributed by atoms with Gasteiger partial charge in [-0.15, -0.1) is 0 Å². The third-order valence-corrected chi connectivity index (χ3v) is 0.833. The summed E-state index contributed by atoms with van der Waals surface area (Å²) in [6, 6.07) is 0. The lowest BCUT2D eigenvalue weighted by Gasteiger charge is -1.91. The Bertz CT molecular complexity index is 101. The van der Waals surface area contributed by atoms with Gasteiger partial charge < -0.3 is 10.5 Å². The zero-order chi connectivity index (χ0) is 7.11. The van der Waals surface area contributed by atoms with Gasteiger partial charge in [-0.2, -0.15) is 0 Å². The van der Waals surface area contributed by atoms with Crippen molar-refractivity contribution >= 4 is 12.4 Å². The molecule has 0 aromatic heterocycles. The summed E-state index contributed by atoms with van der Waals surface area (Å²) in [4.78, 5) is 3.83. The van der Waals surface area contributed by atoms with Crippen LogP contribution in [-0.4, -0.2) is 30.7 Å². The highest BCUT2D eigenvalue weighted by molar-refractivity contribution is 5.81. The molecule has 0 aromatic rings. The van der Waals surface area contributed by atoms with E-state index in [0.29, 0.717) is 6.54 Å². The monoisotopic (exact) mass is 128 g/mol. The van der Waals surface area contributed by atoms with Crippen molar-refractivity contribution in [1.29, 1.82) is 5.41 Å². The predicted molar refractivity (Wildman–Crippen MR) is 38.4 cm³/mol. The quantitative estimate of drug-likeness (QED) is 0.527. The molecule has 0 aliphatic rings. The Labute approximate surface area is 54.9 Å². The molecule has 0 bridgehead atoms. The molecule has 2 N–H and O–H groups in total. The number of aliphatic hydroxyl groups excluding tert-OH is 1.